The number of nitrogens with one attached hydrogen (secondary N) is 2. The van der Waals surface area contributed by atoms with Crippen LogP contribution in [0.4, 0.5) is 5.69 Å². The van der Waals surface area contributed by atoms with E-state index < -0.39 is 0 Å². The van der Waals surface area contributed by atoms with Gasteiger partial charge in [-0.1, -0.05) is 6.07 Å². The van der Waals surface area contributed by atoms with Crippen molar-refractivity contribution in [1.29, 1.82) is 0 Å². The van der Waals surface area contributed by atoms with Gasteiger partial charge in [-0.05, 0) is 68.8 Å². The predicted molar refractivity (Wildman–Crippen MR) is 141 cm³/mol. The molecule has 2 N–H and O–H groups in total. The Kier molecular flexibility index (Phi) is 9.34. The quantitative estimate of drug-likeness (QED) is 0.231. The number of hydrogen-bond acceptors (Lipinski definition) is 5. The molecule has 0 unspecified atom stereocenters. The first-order valence-electron chi connectivity index (χ1n) is 10.9. The van der Waals surface area contributed by atoms with Gasteiger partial charge in [0.15, 0.2) is 11.8 Å². The molecule has 0 saturated carbocycles. The monoisotopic (exact) mass is 566 g/mol. The van der Waals surface area contributed by atoms with Gasteiger partial charge >= 0.3 is 0 Å². The number of nitrogens with zero attached hydrogens (tertiary/aromatic N) is 4. The fourth-order valence-electron chi connectivity index (χ4n) is 3.56. The number of halogens is 1. The van der Waals surface area contributed by atoms with Gasteiger partial charge in [-0.15, -0.1) is 45.5 Å². The lowest BCUT2D eigenvalue weighted by Crippen LogP contribution is -2.32. The Hall–Kier alpha value is -2.14. The third-order valence-electron chi connectivity index (χ3n) is 5.05. The highest BCUT2D eigenvalue weighted by molar-refractivity contribution is 14.0. The summed E-state index contributed by atoms with van der Waals surface area (Å²) in [5.74, 6) is 3.61. The van der Waals surface area contributed by atoms with Gasteiger partial charge in [0, 0.05) is 30.1 Å². The number of guanidine groups is 1. The molecule has 0 fully saturated rings. The second-order valence-electron chi connectivity index (χ2n) is 7.88. The van der Waals surface area contributed by atoms with Crippen LogP contribution < -0.4 is 15.4 Å². The molecule has 0 bridgehead atoms. The average molecular weight is 567 g/mol. The minimum Gasteiger partial charge on any atom is -0.491 e. The molecule has 0 amide bonds. The maximum absolute atomic E-state index is 5.74. The summed E-state index contributed by atoms with van der Waals surface area (Å²) in [6.45, 7) is 6.34. The van der Waals surface area contributed by atoms with Crippen molar-refractivity contribution in [2.45, 2.75) is 58.7 Å². The standard InChI is InChI=1S/C23H30N6OS.HI/c1-17(2)30-19-10-8-18(9-11-19)26-23(24-13-12-20-6-5-15-31-20)25-16-22-28-27-21-7-3-4-14-29(21)22;/h5-6,8-11,15,17H,3-4,7,12-14,16H2,1-2H3,(H2,24,25,26);1H. The SMILES string of the molecule is CC(C)Oc1ccc(NC(=NCc2nnc3n2CCCC3)NCCc2cccs2)cc1.I. The molecule has 7 nitrogen and oxygen atoms in total. The second kappa shape index (κ2) is 12.2. The number of anilines is 1. The Bertz CT molecular complexity index is 985. The van der Waals surface area contributed by atoms with Crippen molar-refractivity contribution in [3.63, 3.8) is 0 Å². The van der Waals surface area contributed by atoms with Crippen LogP contribution in [0.3, 0.4) is 0 Å². The lowest BCUT2D eigenvalue weighted by Gasteiger charge is -2.15. The van der Waals surface area contributed by atoms with Crippen LogP contribution in [0.5, 0.6) is 5.75 Å². The Morgan fingerprint density at radius 1 is 1.19 bits per heavy atom. The van der Waals surface area contributed by atoms with Crippen molar-refractivity contribution in [2.75, 3.05) is 11.9 Å². The summed E-state index contributed by atoms with van der Waals surface area (Å²) in [7, 11) is 0. The fourth-order valence-corrected chi connectivity index (χ4v) is 4.27. The normalized spacial score (nSPS) is 13.4. The first-order chi connectivity index (χ1) is 15.2. The van der Waals surface area contributed by atoms with E-state index in [1.54, 1.807) is 11.3 Å². The summed E-state index contributed by atoms with van der Waals surface area (Å²) >= 11 is 1.78. The van der Waals surface area contributed by atoms with Gasteiger partial charge in [0.2, 0.25) is 0 Å². The number of aryl methyl sites for hydroxylation is 1. The first kappa shape index (κ1) is 24.5. The molecule has 2 aromatic heterocycles. The van der Waals surface area contributed by atoms with Gasteiger partial charge in [-0.3, -0.25) is 0 Å². The van der Waals surface area contributed by atoms with E-state index in [0.717, 1.165) is 55.0 Å². The number of aromatic nitrogens is 3. The van der Waals surface area contributed by atoms with Crippen molar-refractivity contribution in [3.05, 3.63) is 58.3 Å². The molecule has 0 aliphatic carbocycles. The van der Waals surface area contributed by atoms with Gasteiger partial charge in [-0.2, -0.15) is 0 Å². The Morgan fingerprint density at radius 3 is 2.78 bits per heavy atom. The Morgan fingerprint density at radius 2 is 2.03 bits per heavy atom. The van der Waals surface area contributed by atoms with Crippen LogP contribution in [0.15, 0.2) is 46.8 Å². The van der Waals surface area contributed by atoms with Crippen molar-refractivity contribution >= 4 is 47.0 Å². The van der Waals surface area contributed by atoms with Crippen LogP contribution in [-0.4, -0.2) is 33.4 Å². The Balaban J connectivity index is 0.00000289. The van der Waals surface area contributed by atoms with E-state index in [9.17, 15) is 0 Å². The maximum atomic E-state index is 5.74. The van der Waals surface area contributed by atoms with Crippen LogP contribution in [0.1, 0.15) is 43.2 Å². The summed E-state index contributed by atoms with van der Waals surface area (Å²) < 4.78 is 7.96. The zero-order chi connectivity index (χ0) is 21.5. The van der Waals surface area contributed by atoms with Gasteiger partial charge in [0.1, 0.15) is 18.1 Å². The van der Waals surface area contributed by atoms with Gasteiger partial charge < -0.3 is 19.9 Å². The van der Waals surface area contributed by atoms with E-state index in [0.29, 0.717) is 6.54 Å². The maximum Gasteiger partial charge on any atom is 0.196 e. The summed E-state index contributed by atoms with van der Waals surface area (Å²) in [6.07, 6.45) is 4.49. The molecular weight excluding hydrogens is 535 g/mol. The molecule has 0 radical (unpaired) electrons. The molecular formula is C23H31IN6OS. The van der Waals surface area contributed by atoms with Crippen molar-refractivity contribution in [2.24, 2.45) is 4.99 Å². The average Bonchev–Trinajstić information content (AvgIpc) is 3.43. The summed E-state index contributed by atoms with van der Waals surface area (Å²) in [5, 5.41) is 17.7. The lowest BCUT2D eigenvalue weighted by molar-refractivity contribution is 0.242. The molecule has 1 aromatic carbocycles. The number of benzene rings is 1. The minimum atomic E-state index is 0. The van der Waals surface area contributed by atoms with Gasteiger partial charge in [-0.25, -0.2) is 4.99 Å². The van der Waals surface area contributed by atoms with Crippen LogP contribution in [0.25, 0.3) is 0 Å². The molecule has 1 aliphatic rings. The molecule has 32 heavy (non-hydrogen) atoms. The van der Waals surface area contributed by atoms with E-state index >= 15 is 0 Å². The molecule has 1 aliphatic heterocycles. The minimum absolute atomic E-state index is 0. The number of thiophene rings is 1. The van der Waals surface area contributed by atoms with E-state index in [-0.39, 0.29) is 30.1 Å². The topological polar surface area (TPSA) is 76.4 Å². The van der Waals surface area contributed by atoms with E-state index in [1.165, 1.54) is 17.7 Å². The molecule has 4 rings (SSSR count). The van der Waals surface area contributed by atoms with Crippen LogP contribution in [0, 0.1) is 0 Å². The largest absolute Gasteiger partial charge is 0.491 e. The van der Waals surface area contributed by atoms with Crippen molar-refractivity contribution in [3.8, 4) is 5.75 Å². The highest BCUT2D eigenvalue weighted by atomic mass is 127. The number of rotatable bonds is 8. The summed E-state index contributed by atoms with van der Waals surface area (Å²) in [5.41, 5.74) is 0.960. The van der Waals surface area contributed by atoms with E-state index in [4.69, 9.17) is 9.73 Å². The van der Waals surface area contributed by atoms with Crippen LogP contribution in [0.2, 0.25) is 0 Å². The highest BCUT2D eigenvalue weighted by Gasteiger charge is 2.15. The predicted octanol–water partition coefficient (Wildman–Crippen LogP) is 4.88. The third kappa shape index (κ3) is 6.93. The molecule has 172 valence electrons. The third-order valence-corrected chi connectivity index (χ3v) is 5.98. The van der Waals surface area contributed by atoms with Gasteiger partial charge in [0.25, 0.3) is 0 Å². The number of ether oxygens (including phenoxy) is 1. The molecule has 0 atom stereocenters. The zero-order valence-corrected chi connectivity index (χ0v) is 21.7. The molecule has 0 spiro atoms. The van der Waals surface area contributed by atoms with E-state index in [1.807, 2.05) is 38.1 Å². The van der Waals surface area contributed by atoms with Crippen molar-refractivity contribution in [1.82, 2.24) is 20.1 Å². The van der Waals surface area contributed by atoms with Gasteiger partial charge in [0.05, 0.1) is 6.10 Å². The molecule has 3 aromatic rings. The number of hydrogen-bond donors (Lipinski definition) is 2. The van der Waals surface area contributed by atoms with Crippen molar-refractivity contribution < 1.29 is 4.74 Å². The molecule has 3 heterocycles. The molecule has 0 saturated heterocycles. The second-order valence-corrected chi connectivity index (χ2v) is 8.91. The first-order valence-corrected chi connectivity index (χ1v) is 11.8. The van der Waals surface area contributed by atoms with Crippen LogP contribution in [-0.2, 0) is 25.9 Å². The smallest absolute Gasteiger partial charge is 0.196 e. The highest BCUT2D eigenvalue weighted by Crippen LogP contribution is 2.18. The number of fused-ring (bicyclic) bond motifs is 1. The fraction of sp³-hybridized carbons (Fsp3) is 0.435. The molecule has 9 heteroatoms. The summed E-state index contributed by atoms with van der Waals surface area (Å²) in [6, 6.07) is 12.2. The van der Waals surface area contributed by atoms with E-state index in [2.05, 4.69) is 42.9 Å². The zero-order valence-electron chi connectivity index (χ0n) is 18.6. The lowest BCUT2D eigenvalue weighted by atomic mass is 10.2. The van der Waals surface area contributed by atoms with Crippen LogP contribution >= 0.6 is 35.3 Å². The summed E-state index contributed by atoms with van der Waals surface area (Å²) in [4.78, 5) is 6.16. The number of aliphatic imine (C=N–C) groups is 1. The Labute approximate surface area is 210 Å².